The molecule has 3 unspecified atom stereocenters. The minimum atomic E-state index is 0.324. The standard InChI is InChI=1S/C10H13ClN2/c1-7-9(2-3-10(7)11)8-4-12-6-13-5-8/h4-7,9-10H,2-3H2,1H3. The molecule has 1 aromatic rings. The first kappa shape index (κ1) is 8.95. The summed E-state index contributed by atoms with van der Waals surface area (Å²) < 4.78 is 0. The summed E-state index contributed by atoms with van der Waals surface area (Å²) in [6, 6.07) is 0. The number of aromatic nitrogens is 2. The quantitative estimate of drug-likeness (QED) is 0.646. The summed E-state index contributed by atoms with van der Waals surface area (Å²) in [4.78, 5) is 8.07. The summed E-state index contributed by atoms with van der Waals surface area (Å²) >= 11 is 6.17. The Kier molecular flexibility index (Phi) is 2.49. The van der Waals surface area contributed by atoms with Gasteiger partial charge in [-0.15, -0.1) is 11.6 Å². The molecule has 1 heterocycles. The van der Waals surface area contributed by atoms with Crippen LogP contribution in [-0.2, 0) is 0 Å². The third kappa shape index (κ3) is 1.68. The van der Waals surface area contributed by atoms with Gasteiger partial charge in [0, 0.05) is 17.8 Å². The molecule has 3 heteroatoms. The molecule has 0 bridgehead atoms. The van der Waals surface area contributed by atoms with Crippen molar-refractivity contribution in [2.24, 2.45) is 5.92 Å². The number of nitrogens with zero attached hydrogens (tertiary/aromatic N) is 2. The summed E-state index contributed by atoms with van der Waals surface area (Å²) in [6.07, 6.45) is 7.67. The highest BCUT2D eigenvalue weighted by molar-refractivity contribution is 6.21. The van der Waals surface area contributed by atoms with Crippen LogP contribution in [0.25, 0.3) is 0 Å². The highest BCUT2D eigenvalue weighted by Crippen LogP contribution is 2.41. The van der Waals surface area contributed by atoms with Crippen LogP contribution in [0.3, 0.4) is 0 Å². The summed E-state index contributed by atoms with van der Waals surface area (Å²) in [7, 11) is 0. The Hall–Kier alpha value is -0.630. The fourth-order valence-corrected chi connectivity index (χ4v) is 2.39. The minimum absolute atomic E-state index is 0.324. The molecule has 0 radical (unpaired) electrons. The van der Waals surface area contributed by atoms with Gasteiger partial charge in [0.25, 0.3) is 0 Å². The van der Waals surface area contributed by atoms with Gasteiger partial charge >= 0.3 is 0 Å². The first-order valence-corrected chi connectivity index (χ1v) is 5.11. The number of rotatable bonds is 1. The van der Waals surface area contributed by atoms with Crippen molar-refractivity contribution in [3.63, 3.8) is 0 Å². The minimum Gasteiger partial charge on any atom is -0.245 e. The summed E-state index contributed by atoms with van der Waals surface area (Å²) in [5.74, 6) is 1.11. The second-order valence-electron chi connectivity index (χ2n) is 3.73. The molecule has 1 aliphatic rings. The predicted molar refractivity (Wildman–Crippen MR) is 52.8 cm³/mol. The molecule has 2 nitrogen and oxygen atoms in total. The van der Waals surface area contributed by atoms with E-state index in [-0.39, 0.29) is 0 Å². The van der Waals surface area contributed by atoms with Crippen molar-refractivity contribution in [2.75, 3.05) is 0 Å². The molecule has 0 N–H and O–H groups in total. The van der Waals surface area contributed by atoms with Gasteiger partial charge in [-0.1, -0.05) is 6.92 Å². The maximum absolute atomic E-state index is 6.17. The zero-order valence-electron chi connectivity index (χ0n) is 7.65. The van der Waals surface area contributed by atoms with Crippen molar-refractivity contribution in [2.45, 2.75) is 31.1 Å². The average molecular weight is 197 g/mol. The normalized spacial score (nSPS) is 33.5. The fraction of sp³-hybridized carbons (Fsp3) is 0.600. The van der Waals surface area contributed by atoms with Crippen molar-refractivity contribution in [3.05, 3.63) is 24.3 Å². The van der Waals surface area contributed by atoms with E-state index in [0.717, 1.165) is 6.42 Å². The Morgan fingerprint density at radius 2 is 2.00 bits per heavy atom. The van der Waals surface area contributed by atoms with Crippen LogP contribution >= 0.6 is 11.6 Å². The molecule has 0 amide bonds. The number of alkyl halides is 1. The number of hydrogen-bond donors (Lipinski definition) is 0. The second kappa shape index (κ2) is 3.62. The Labute approximate surface area is 83.4 Å². The fourth-order valence-electron chi connectivity index (χ4n) is 2.09. The van der Waals surface area contributed by atoms with E-state index in [9.17, 15) is 0 Å². The van der Waals surface area contributed by atoms with Crippen molar-refractivity contribution in [1.29, 1.82) is 0 Å². The van der Waals surface area contributed by atoms with Crippen molar-refractivity contribution >= 4 is 11.6 Å². The Bertz CT molecular complexity index is 276. The first-order valence-electron chi connectivity index (χ1n) is 4.68. The maximum atomic E-state index is 6.17. The molecular formula is C10H13ClN2. The smallest absolute Gasteiger partial charge is 0.115 e. The van der Waals surface area contributed by atoms with E-state index in [1.54, 1.807) is 6.33 Å². The number of halogens is 1. The lowest BCUT2D eigenvalue weighted by atomic mass is 9.92. The molecule has 1 aliphatic carbocycles. The molecule has 0 saturated heterocycles. The summed E-state index contributed by atoms with van der Waals surface area (Å²) in [5, 5.41) is 0.324. The molecule has 0 aliphatic heterocycles. The summed E-state index contributed by atoms with van der Waals surface area (Å²) in [5.41, 5.74) is 1.23. The molecule has 70 valence electrons. The molecule has 13 heavy (non-hydrogen) atoms. The second-order valence-corrected chi connectivity index (χ2v) is 4.29. The van der Waals surface area contributed by atoms with Crippen LogP contribution in [-0.4, -0.2) is 15.3 Å². The van der Waals surface area contributed by atoms with Gasteiger partial charge in [0.1, 0.15) is 6.33 Å². The van der Waals surface area contributed by atoms with E-state index in [0.29, 0.717) is 17.2 Å². The van der Waals surface area contributed by atoms with Crippen LogP contribution in [0.1, 0.15) is 31.2 Å². The van der Waals surface area contributed by atoms with E-state index in [2.05, 4.69) is 16.9 Å². The molecule has 0 aromatic carbocycles. The van der Waals surface area contributed by atoms with E-state index in [4.69, 9.17) is 11.6 Å². The molecule has 2 rings (SSSR count). The van der Waals surface area contributed by atoms with Crippen LogP contribution in [0, 0.1) is 5.92 Å². The van der Waals surface area contributed by atoms with Gasteiger partial charge in [-0.2, -0.15) is 0 Å². The highest BCUT2D eigenvalue weighted by atomic mass is 35.5. The third-order valence-electron chi connectivity index (χ3n) is 2.97. The van der Waals surface area contributed by atoms with Crippen LogP contribution in [0.4, 0.5) is 0 Å². The molecular weight excluding hydrogens is 184 g/mol. The molecule has 3 atom stereocenters. The largest absolute Gasteiger partial charge is 0.245 e. The molecule has 0 spiro atoms. The van der Waals surface area contributed by atoms with Gasteiger partial charge in [-0.25, -0.2) is 9.97 Å². The Morgan fingerprint density at radius 3 is 2.54 bits per heavy atom. The topological polar surface area (TPSA) is 25.8 Å². The zero-order valence-corrected chi connectivity index (χ0v) is 8.41. The average Bonchev–Trinajstić information content (AvgIpc) is 2.49. The zero-order chi connectivity index (χ0) is 9.26. The maximum Gasteiger partial charge on any atom is 0.115 e. The van der Waals surface area contributed by atoms with E-state index < -0.39 is 0 Å². The third-order valence-corrected chi connectivity index (χ3v) is 3.58. The molecule has 1 aromatic heterocycles. The van der Waals surface area contributed by atoms with Crippen LogP contribution in [0.2, 0.25) is 0 Å². The number of hydrogen-bond acceptors (Lipinski definition) is 2. The monoisotopic (exact) mass is 196 g/mol. The van der Waals surface area contributed by atoms with Crippen molar-refractivity contribution in [3.8, 4) is 0 Å². The van der Waals surface area contributed by atoms with Crippen LogP contribution < -0.4 is 0 Å². The van der Waals surface area contributed by atoms with Crippen molar-refractivity contribution < 1.29 is 0 Å². The Balaban J connectivity index is 2.19. The predicted octanol–water partition coefficient (Wildman–Crippen LogP) is 2.60. The van der Waals surface area contributed by atoms with E-state index >= 15 is 0 Å². The molecule has 1 fully saturated rings. The lowest BCUT2D eigenvalue weighted by Gasteiger charge is -2.16. The lowest BCUT2D eigenvalue weighted by Crippen LogP contribution is -2.09. The van der Waals surface area contributed by atoms with Crippen LogP contribution in [0.5, 0.6) is 0 Å². The first-order chi connectivity index (χ1) is 6.29. The van der Waals surface area contributed by atoms with Gasteiger partial charge in [0.05, 0.1) is 0 Å². The SMILES string of the molecule is CC1C(Cl)CCC1c1cncnc1. The van der Waals surface area contributed by atoms with Crippen LogP contribution in [0.15, 0.2) is 18.7 Å². The van der Waals surface area contributed by atoms with Gasteiger partial charge in [0.2, 0.25) is 0 Å². The highest BCUT2D eigenvalue weighted by Gasteiger charge is 2.32. The molecule has 1 saturated carbocycles. The van der Waals surface area contributed by atoms with Gasteiger partial charge in [-0.05, 0) is 30.2 Å². The van der Waals surface area contributed by atoms with Gasteiger partial charge in [0.15, 0.2) is 0 Å². The van der Waals surface area contributed by atoms with Gasteiger partial charge in [-0.3, -0.25) is 0 Å². The van der Waals surface area contributed by atoms with E-state index in [1.165, 1.54) is 12.0 Å². The lowest BCUT2D eigenvalue weighted by molar-refractivity contribution is 0.534. The Morgan fingerprint density at radius 1 is 1.31 bits per heavy atom. The van der Waals surface area contributed by atoms with Gasteiger partial charge < -0.3 is 0 Å². The van der Waals surface area contributed by atoms with Crippen molar-refractivity contribution in [1.82, 2.24) is 9.97 Å². The summed E-state index contributed by atoms with van der Waals surface area (Å²) in [6.45, 7) is 2.21. The van der Waals surface area contributed by atoms with E-state index in [1.807, 2.05) is 12.4 Å².